The van der Waals surface area contributed by atoms with Crippen molar-refractivity contribution in [2.45, 2.75) is 0 Å². The van der Waals surface area contributed by atoms with Crippen molar-refractivity contribution in [2.75, 3.05) is 14.1 Å². The first kappa shape index (κ1) is 12.9. The number of nitrogens with zero attached hydrogens (tertiary/aromatic N) is 1. The predicted molar refractivity (Wildman–Crippen MR) is 69.1 cm³/mol. The van der Waals surface area contributed by atoms with Gasteiger partial charge in [0.2, 0.25) is 6.41 Å². The van der Waals surface area contributed by atoms with Crippen LogP contribution in [0, 0.1) is 0 Å². The maximum atomic E-state index is 10.6. The smallest absolute Gasteiger partial charge is 0.209 e. The van der Waals surface area contributed by atoms with E-state index in [0.717, 1.165) is 29.0 Å². The summed E-state index contributed by atoms with van der Waals surface area (Å²) in [6, 6.07) is 13.6. The van der Waals surface area contributed by atoms with Crippen LogP contribution in [0.3, 0.4) is 0 Å². The van der Waals surface area contributed by atoms with E-state index in [-0.39, 0.29) is 0 Å². The molecule has 0 aliphatic rings. The molecule has 0 saturated heterocycles. The summed E-state index contributed by atoms with van der Waals surface area (Å²) in [5, 5.41) is 2.14. The number of amides is 1. The Morgan fingerprint density at radius 1 is 0.941 bits per heavy atom. The second kappa shape index (κ2) is 6.43. The topological polar surface area (TPSA) is 37.4 Å². The zero-order chi connectivity index (χ0) is 12.7. The number of fused-ring (bicyclic) bond motifs is 1. The van der Waals surface area contributed by atoms with Crippen molar-refractivity contribution in [3.05, 3.63) is 48.0 Å². The van der Waals surface area contributed by atoms with Gasteiger partial charge in [-0.05, 0) is 10.8 Å². The monoisotopic (exact) mass is 229 g/mol. The van der Waals surface area contributed by atoms with Crippen LogP contribution in [0.2, 0.25) is 0 Å². The molecule has 0 unspecified atom stereocenters. The van der Waals surface area contributed by atoms with E-state index in [2.05, 4.69) is 0 Å². The first-order valence-corrected chi connectivity index (χ1v) is 5.23. The maximum Gasteiger partial charge on any atom is 0.209 e. The summed E-state index contributed by atoms with van der Waals surface area (Å²) in [6.07, 6.45) is 1.64. The molecule has 3 heteroatoms. The molecule has 17 heavy (non-hydrogen) atoms. The first-order valence-electron chi connectivity index (χ1n) is 5.23. The third kappa shape index (κ3) is 3.72. The quantitative estimate of drug-likeness (QED) is 0.741. The minimum atomic E-state index is 0.750. The second-order valence-electron chi connectivity index (χ2n) is 3.76. The highest BCUT2D eigenvalue weighted by Gasteiger charge is 1.96. The summed E-state index contributed by atoms with van der Waals surface area (Å²) in [7, 11) is 3.38. The molecule has 0 aliphatic heterocycles. The summed E-state index contributed by atoms with van der Waals surface area (Å²) in [4.78, 5) is 21.5. The molecular weight excluding hydrogens is 214 g/mol. The molecule has 0 N–H and O–H groups in total. The number of hydrogen-bond acceptors (Lipinski definition) is 2. The van der Waals surface area contributed by atoms with Crippen molar-refractivity contribution < 1.29 is 9.59 Å². The summed E-state index contributed by atoms with van der Waals surface area (Å²) in [5.74, 6) is 0. The van der Waals surface area contributed by atoms with Gasteiger partial charge in [-0.2, -0.15) is 0 Å². The SMILES string of the molecule is CN(C)C=O.O=Cc1cccc2ccccc12. The lowest BCUT2D eigenvalue weighted by atomic mass is 10.1. The number of rotatable bonds is 2. The highest BCUT2D eigenvalue weighted by molar-refractivity contribution is 5.97. The van der Waals surface area contributed by atoms with Crippen LogP contribution in [0.15, 0.2) is 42.5 Å². The third-order valence-electron chi connectivity index (χ3n) is 2.16. The van der Waals surface area contributed by atoms with Crippen LogP contribution in [0.4, 0.5) is 0 Å². The van der Waals surface area contributed by atoms with Gasteiger partial charge in [-0.25, -0.2) is 0 Å². The van der Waals surface area contributed by atoms with Gasteiger partial charge in [-0.1, -0.05) is 42.5 Å². The van der Waals surface area contributed by atoms with E-state index < -0.39 is 0 Å². The molecule has 0 aliphatic carbocycles. The minimum Gasteiger partial charge on any atom is -0.351 e. The van der Waals surface area contributed by atoms with Gasteiger partial charge in [0.1, 0.15) is 0 Å². The Morgan fingerprint density at radius 2 is 1.53 bits per heavy atom. The van der Waals surface area contributed by atoms with Crippen LogP contribution >= 0.6 is 0 Å². The molecule has 2 aromatic rings. The van der Waals surface area contributed by atoms with Gasteiger partial charge in [0.15, 0.2) is 6.29 Å². The van der Waals surface area contributed by atoms with E-state index in [0.29, 0.717) is 0 Å². The average Bonchev–Trinajstić information content (AvgIpc) is 2.38. The van der Waals surface area contributed by atoms with Gasteiger partial charge >= 0.3 is 0 Å². The fourth-order valence-corrected chi connectivity index (χ4v) is 1.35. The van der Waals surface area contributed by atoms with Crippen molar-refractivity contribution >= 4 is 23.5 Å². The highest BCUT2D eigenvalue weighted by Crippen LogP contribution is 2.16. The van der Waals surface area contributed by atoms with Gasteiger partial charge in [0.25, 0.3) is 0 Å². The van der Waals surface area contributed by atoms with Crippen LogP contribution in [-0.4, -0.2) is 31.7 Å². The van der Waals surface area contributed by atoms with E-state index in [4.69, 9.17) is 0 Å². The van der Waals surface area contributed by atoms with Crippen molar-refractivity contribution in [2.24, 2.45) is 0 Å². The van der Waals surface area contributed by atoms with Crippen molar-refractivity contribution in [1.82, 2.24) is 4.90 Å². The number of hydrogen-bond donors (Lipinski definition) is 0. The molecule has 0 atom stereocenters. The van der Waals surface area contributed by atoms with Gasteiger partial charge in [0.05, 0.1) is 0 Å². The molecular formula is C14H15NO2. The van der Waals surface area contributed by atoms with Crippen molar-refractivity contribution in [1.29, 1.82) is 0 Å². The minimum absolute atomic E-state index is 0.750. The Bertz CT molecular complexity index is 501. The van der Waals surface area contributed by atoms with Crippen LogP contribution in [0.1, 0.15) is 10.4 Å². The van der Waals surface area contributed by atoms with Gasteiger partial charge in [0, 0.05) is 19.7 Å². The zero-order valence-corrected chi connectivity index (χ0v) is 9.96. The standard InChI is InChI=1S/C11H8O.C3H7NO/c12-8-10-6-3-5-9-4-1-2-7-11(9)10;1-4(2)3-5/h1-8H;3H,1-2H3. The average molecular weight is 229 g/mol. The molecule has 0 fully saturated rings. The number of aldehydes is 1. The first-order chi connectivity index (χ1) is 8.19. The third-order valence-corrected chi connectivity index (χ3v) is 2.16. The Labute approximate surface area is 101 Å². The fraction of sp³-hybridized carbons (Fsp3) is 0.143. The Morgan fingerprint density at radius 3 is 2.12 bits per heavy atom. The second-order valence-corrected chi connectivity index (χ2v) is 3.76. The van der Waals surface area contributed by atoms with Crippen LogP contribution in [0.5, 0.6) is 0 Å². The molecule has 0 saturated carbocycles. The summed E-state index contributed by atoms with van der Waals surface area (Å²) >= 11 is 0. The molecule has 0 heterocycles. The largest absolute Gasteiger partial charge is 0.351 e. The highest BCUT2D eigenvalue weighted by atomic mass is 16.1. The lowest BCUT2D eigenvalue weighted by Gasteiger charge is -1.98. The molecule has 3 nitrogen and oxygen atoms in total. The Hall–Kier alpha value is -2.16. The van der Waals surface area contributed by atoms with Crippen LogP contribution in [0.25, 0.3) is 10.8 Å². The van der Waals surface area contributed by atoms with Gasteiger partial charge in [-0.15, -0.1) is 0 Å². The number of carbonyl (C=O) groups is 2. The zero-order valence-electron chi connectivity index (χ0n) is 9.96. The van der Waals surface area contributed by atoms with Crippen LogP contribution in [-0.2, 0) is 4.79 Å². The van der Waals surface area contributed by atoms with E-state index in [1.807, 2.05) is 42.5 Å². The predicted octanol–water partition coefficient (Wildman–Crippen LogP) is 2.36. The van der Waals surface area contributed by atoms with Crippen LogP contribution < -0.4 is 0 Å². The molecule has 0 bridgehead atoms. The van der Waals surface area contributed by atoms with E-state index in [1.165, 1.54) is 4.90 Å². The summed E-state index contributed by atoms with van der Waals surface area (Å²) in [5.41, 5.74) is 0.758. The lowest BCUT2D eigenvalue weighted by molar-refractivity contribution is -0.115. The molecule has 2 rings (SSSR count). The summed E-state index contributed by atoms with van der Waals surface area (Å²) < 4.78 is 0. The van der Waals surface area contributed by atoms with Crippen molar-refractivity contribution in [3.8, 4) is 0 Å². The Balaban J connectivity index is 0.000000249. The van der Waals surface area contributed by atoms with Gasteiger partial charge in [-0.3, -0.25) is 9.59 Å². The lowest BCUT2D eigenvalue weighted by Crippen LogP contribution is -2.06. The number of carbonyl (C=O) groups excluding carboxylic acids is 2. The maximum absolute atomic E-state index is 10.6. The molecule has 0 radical (unpaired) electrons. The Kier molecular flexibility index (Phi) is 4.88. The van der Waals surface area contributed by atoms with E-state index in [1.54, 1.807) is 14.1 Å². The molecule has 1 amide bonds. The van der Waals surface area contributed by atoms with Crippen molar-refractivity contribution in [3.63, 3.8) is 0 Å². The summed E-state index contributed by atoms with van der Waals surface area (Å²) in [6.45, 7) is 0. The van der Waals surface area contributed by atoms with Gasteiger partial charge < -0.3 is 4.90 Å². The molecule has 0 spiro atoms. The molecule has 88 valence electrons. The fourth-order valence-electron chi connectivity index (χ4n) is 1.35. The molecule has 2 aromatic carbocycles. The normalized spacial score (nSPS) is 9.06. The number of benzene rings is 2. The van der Waals surface area contributed by atoms with E-state index in [9.17, 15) is 9.59 Å². The van der Waals surface area contributed by atoms with E-state index >= 15 is 0 Å². The molecule has 0 aromatic heterocycles.